The molecule has 0 aliphatic rings. The molecule has 6 rings (SSSR count). The summed E-state index contributed by atoms with van der Waals surface area (Å²) in [5.74, 6) is 0.782. The largest absolute Gasteiger partial charge is 0.489 e. The van der Waals surface area contributed by atoms with Gasteiger partial charge in [0.05, 0.1) is 27.2 Å². The van der Waals surface area contributed by atoms with Gasteiger partial charge in [0.25, 0.3) is 0 Å². The Morgan fingerprint density at radius 3 is 2.32 bits per heavy atom. The highest BCUT2D eigenvalue weighted by Crippen LogP contribution is 2.32. The van der Waals surface area contributed by atoms with E-state index in [2.05, 4.69) is 11.1 Å². The number of fused-ring (bicyclic) bond motifs is 1. The topological polar surface area (TPSA) is 63.7 Å². The summed E-state index contributed by atoms with van der Waals surface area (Å²) in [6.07, 6.45) is 3.83. The van der Waals surface area contributed by atoms with Crippen LogP contribution in [0.4, 0.5) is 0 Å². The van der Waals surface area contributed by atoms with Crippen molar-refractivity contribution in [1.82, 2.24) is 14.8 Å². The first-order valence-electron chi connectivity index (χ1n) is 12.2. The highest BCUT2D eigenvalue weighted by Gasteiger charge is 2.15. The molecule has 0 aliphatic carbocycles. The van der Waals surface area contributed by atoms with Crippen molar-refractivity contribution in [2.75, 3.05) is 0 Å². The summed E-state index contributed by atoms with van der Waals surface area (Å²) in [5.41, 5.74) is 5.99. The van der Waals surface area contributed by atoms with E-state index in [1.54, 1.807) is 0 Å². The molecule has 6 aromatic rings. The van der Waals surface area contributed by atoms with Crippen LogP contribution in [0.2, 0.25) is 0 Å². The molecular weight excluding hydrogens is 488 g/mol. The lowest BCUT2D eigenvalue weighted by Gasteiger charge is -2.07. The van der Waals surface area contributed by atoms with Crippen LogP contribution < -0.4 is 4.74 Å². The number of rotatable bonds is 7. The third kappa shape index (κ3) is 4.96. The Hall–Kier alpha value is -4.99. The number of nitriles is 1. The molecule has 4 aromatic carbocycles. The minimum Gasteiger partial charge on any atom is -0.489 e. The number of aromatic nitrogens is 3. The van der Waals surface area contributed by atoms with Crippen molar-refractivity contribution >= 4 is 33.2 Å². The molecule has 5 nitrogen and oxygen atoms in total. The molecule has 0 atom stereocenters. The Kier molecular flexibility index (Phi) is 6.50. The van der Waals surface area contributed by atoms with Crippen LogP contribution in [0.15, 0.2) is 115 Å². The van der Waals surface area contributed by atoms with Crippen molar-refractivity contribution in [1.29, 1.82) is 5.26 Å². The quantitative estimate of drug-likeness (QED) is 0.206. The maximum Gasteiger partial charge on any atom is 0.135 e. The van der Waals surface area contributed by atoms with Gasteiger partial charge in [-0.25, -0.2) is 9.67 Å². The van der Waals surface area contributed by atoms with E-state index < -0.39 is 0 Å². The van der Waals surface area contributed by atoms with Crippen LogP contribution in [0.25, 0.3) is 38.8 Å². The molecule has 0 saturated carbocycles. The predicted octanol–water partition coefficient (Wildman–Crippen LogP) is 7.79. The number of para-hydroxylation sites is 2. The van der Waals surface area contributed by atoms with Crippen LogP contribution in [0.5, 0.6) is 5.75 Å². The average Bonchev–Trinajstić information content (AvgIpc) is 3.61. The van der Waals surface area contributed by atoms with Crippen LogP contribution in [0.3, 0.4) is 0 Å². The standard InChI is InChI=1S/C32H22N4OS/c33-20-25(32-34-29-13-7-8-14-30(29)38-32)19-26-21-36(27-11-5-2-6-12-27)35-31(26)24-15-17-28(18-16-24)37-22-23-9-3-1-4-10-23/h1-19,21H,22H2/b25-19-. The lowest BCUT2D eigenvalue weighted by atomic mass is 10.1. The van der Waals surface area contributed by atoms with Gasteiger partial charge in [-0.2, -0.15) is 10.4 Å². The Balaban J connectivity index is 1.36. The minimum atomic E-state index is 0.503. The van der Waals surface area contributed by atoms with E-state index in [1.807, 2.05) is 126 Å². The van der Waals surface area contributed by atoms with E-state index in [4.69, 9.17) is 9.84 Å². The summed E-state index contributed by atoms with van der Waals surface area (Å²) in [7, 11) is 0. The Bertz CT molecular complexity index is 1730. The number of ether oxygens (including phenoxy) is 1. The van der Waals surface area contributed by atoms with Crippen molar-refractivity contribution < 1.29 is 4.74 Å². The second-order valence-electron chi connectivity index (χ2n) is 8.67. The molecule has 0 bridgehead atoms. The number of hydrogen-bond acceptors (Lipinski definition) is 5. The summed E-state index contributed by atoms with van der Waals surface area (Å²) >= 11 is 1.51. The number of benzene rings is 4. The highest BCUT2D eigenvalue weighted by molar-refractivity contribution is 7.19. The van der Waals surface area contributed by atoms with E-state index in [0.717, 1.165) is 44.0 Å². The first-order valence-corrected chi connectivity index (χ1v) is 13.0. The number of hydrogen-bond donors (Lipinski definition) is 0. The molecule has 0 spiro atoms. The molecule has 6 heteroatoms. The van der Waals surface area contributed by atoms with Crippen molar-refractivity contribution in [3.63, 3.8) is 0 Å². The molecule has 0 amide bonds. The first kappa shape index (κ1) is 23.4. The molecule has 0 saturated heterocycles. The van der Waals surface area contributed by atoms with Crippen LogP contribution in [0, 0.1) is 11.3 Å². The van der Waals surface area contributed by atoms with Gasteiger partial charge in [0, 0.05) is 17.3 Å². The van der Waals surface area contributed by atoms with Gasteiger partial charge in [-0.1, -0.05) is 60.7 Å². The van der Waals surface area contributed by atoms with Gasteiger partial charge in [0.15, 0.2) is 0 Å². The molecule has 0 radical (unpaired) electrons. The van der Waals surface area contributed by atoms with Crippen molar-refractivity contribution in [2.45, 2.75) is 6.61 Å². The van der Waals surface area contributed by atoms with Crippen LogP contribution in [-0.2, 0) is 6.61 Å². The van der Waals surface area contributed by atoms with Gasteiger partial charge < -0.3 is 4.74 Å². The van der Waals surface area contributed by atoms with Gasteiger partial charge in [0.1, 0.15) is 23.4 Å². The minimum absolute atomic E-state index is 0.503. The maximum absolute atomic E-state index is 10.0. The predicted molar refractivity (Wildman–Crippen MR) is 153 cm³/mol. The molecule has 182 valence electrons. The zero-order valence-electron chi connectivity index (χ0n) is 20.4. The van der Waals surface area contributed by atoms with Crippen LogP contribution in [-0.4, -0.2) is 14.8 Å². The first-order chi connectivity index (χ1) is 18.8. The second-order valence-corrected chi connectivity index (χ2v) is 9.70. The lowest BCUT2D eigenvalue weighted by molar-refractivity contribution is 0.306. The lowest BCUT2D eigenvalue weighted by Crippen LogP contribution is -1.95. The summed E-state index contributed by atoms with van der Waals surface area (Å²) in [5, 5.41) is 15.6. The molecule has 0 N–H and O–H groups in total. The van der Waals surface area contributed by atoms with Crippen molar-refractivity contribution in [3.8, 4) is 28.8 Å². The van der Waals surface area contributed by atoms with Crippen LogP contribution >= 0.6 is 11.3 Å². The van der Waals surface area contributed by atoms with E-state index in [1.165, 1.54) is 11.3 Å². The summed E-state index contributed by atoms with van der Waals surface area (Å²) in [6, 6.07) is 38.2. The summed E-state index contributed by atoms with van der Waals surface area (Å²) in [4.78, 5) is 4.69. The van der Waals surface area contributed by atoms with Crippen molar-refractivity contribution in [3.05, 3.63) is 132 Å². The fourth-order valence-electron chi connectivity index (χ4n) is 4.16. The second kappa shape index (κ2) is 10.6. The zero-order valence-corrected chi connectivity index (χ0v) is 21.2. The van der Waals surface area contributed by atoms with Crippen LogP contribution in [0.1, 0.15) is 16.1 Å². The van der Waals surface area contributed by atoms with E-state index in [9.17, 15) is 5.26 Å². The summed E-state index contributed by atoms with van der Waals surface area (Å²) in [6.45, 7) is 0.504. The molecule has 0 fully saturated rings. The van der Waals surface area contributed by atoms with Gasteiger partial charge in [-0.15, -0.1) is 11.3 Å². The fraction of sp³-hybridized carbons (Fsp3) is 0.0312. The zero-order chi connectivity index (χ0) is 25.7. The fourth-order valence-corrected chi connectivity index (χ4v) is 5.10. The van der Waals surface area contributed by atoms with Crippen molar-refractivity contribution in [2.24, 2.45) is 0 Å². The smallest absolute Gasteiger partial charge is 0.135 e. The Labute approximate surface area is 224 Å². The molecular formula is C32H22N4OS. The normalized spacial score (nSPS) is 11.4. The Morgan fingerprint density at radius 1 is 0.868 bits per heavy atom. The number of allylic oxidation sites excluding steroid dienone is 1. The SMILES string of the molecule is N#C/C(=C/c1cn(-c2ccccc2)nc1-c1ccc(OCc2ccccc2)cc1)c1nc2ccccc2s1. The molecule has 0 aliphatic heterocycles. The van der Waals surface area contributed by atoms with E-state index in [-0.39, 0.29) is 0 Å². The number of nitrogens with zero attached hydrogens (tertiary/aromatic N) is 4. The maximum atomic E-state index is 10.0. The monoisotopic (exact) mass is 510 g/mol. The molecule has 2 heterocycles. The third-order valence-electron chi connectivity index (χ3n) is 6.08. The van der Waals surface area contributed by atoms with Gasteiger partial charge in [-0.3, -0.25) is 0 Å². The third-order valence-corrected chi connectivity index (χ3v) is 7.15. The Morgan fingerprint density at radius 2 is 1.58 bits per heavy atom. The number of thiazole rings is 1. The van der Waals surface area contributed by atoms with E-state index in [0.29, 0.717) is 17.2 Å². The highest BCUT2D eigenvalue weighted by atomic mass is 32.1. The summed E-state index contributed by atoms with van der Waals surface area (Å²) < 4.78 is 8.86. The van der Waals surface area contributed by atoms with E-state index >= 15 is 0 Å². The molecule has 0 unspecified atom stereocenters. The molecule has 38 heavy (non-hydrogen) atoms. The van der Waals surface area contributed by atoms with Gasteiger partial charge in [-0.05, 0) is 60.2 Å². The van der Waals surface area contributed by atoms with Gasteiger partial charge in [0.2, 0.25) is 0 Å². The average molecular weight is 511 g/mol. The molecule has 2 aromatic heterocycles. The van der Waals surface area contributed by atoms with Gasteiger partial charge >= 0.3 is 0 Å².